The first-order chi connectivity index (χ1) is 12.0. The van der Waals surface area contributed by atoms with Crippen LogP contribution in [-0.4, -0.2) is 41.4 Å². The van der Waals surface area contributed by atoms with Crippen molar-refractivity contribution in [3.63, 3.8) is 0 Å². The SMILES string of the molecule is NC1CCC(NC(=O)C2CCCN2C(=O)c2cc(Cl)ccc2Cl)CC1. The molecule has 7 heteroatoms. The van der Waals surface area contributed by atoms with Crippen molar-refractivity contribution < 1.29 is 9.59 Å². The number of benzene rings is 1. The third-order valence-corrected chi connectivity index (χ3v) is 5.66. The van der Waals surface area contributed by atoms with Crippen molar-refractivity contribution in [1.82, 2.24) is 10.2 Å². The minimum absolute atomic E-state index is 0.0792. The number of nitrogens with two attached hydrogens (primary N) is 1. The summed E-state index contributed by atoms with van der Waals surface area (Å²) in [6.45, 7) is 0.551. The molecule has 0 spiro atoms. The lowest BCUT2D eigenvalue weighted by molar-refractivity contribution is -0.125. The molecule has 2 fully saturated rings. The number of carbonyl (C=O) groups is 2. The van der Waals surface area contributed by atoms with Crippen LogP contribution in [0.3, 0.4) is 0 Å². The van der Waals surface area contributed by atoms with Crippen LogP contribution in [0.1, 0.15) is 48.9 Å². The molecular formula is C18H23Cl2N3O2. The van der Waals surface area contributed by atoms with Crippen molar-refractivity contribution in [3.05, 3.63) is 33.8 Å². The third kappa shape index (κ3) is 4.27. The molecule has 3 rings (SSSR count). The van der Waals surface area contributed by atoms with Crippen LogP contribution in [0, 0.1) is 0 Å². The van der Waals surface area contributed by atoms with Gasteiger partial charge in [-0.25, -0.2) is 0 Å². The molecule has 1 heterocycles. The van der Waals surface area contributed by atoms with Gasteiger partial charge in [0.1, 0.15) is 6.04 Å². The molecular weight excluding hydrogens is 361 g/mol. The fourth-order valence-corrected chi connectivity index (χ4v) is 4.03. The van der Waals surface area contributed by atoms with Crippen LogP contribution in [0.4, 0.5) is 0 Å². The van der Waals surface area contributed by atoms with E-state index in [1.165, 1.54) is 0 Å². The number of halogens is 2. The maximum absolute atomic E-state index is 12.9. The van der Waals surface area contributed by atoms with Crippen molar-refractivity contribution in [1.29, 1.82) is 0 Å². The molecule has 1 aromatic rings. The van der Waals surface area contributed by atoms with Gasteiger partial charge in [-0.05, 0) is 56.7 Å². The van der Waals surface area contributed by atoms with Crippen molar-refractivity contribution in [3.8, 4) is 0 Å². The van der Waals surface area contributed by atoms with Gasteiger partial charge in [-0.2, -0.15) is 0 Å². The first-order valence-electron chi connectivity index (χ1n) is 8.77. The van der Waals surface area contributed by atoms with Crippen molar-refractivity contribution in [2.24, 2.45) is 5.73 Å². The zero-order chi connectivity index (χ0) is 18.0. The first kappa shape index (κ1) is 18.5. The zero-order valence-corrected chi connectivity index (χ0v) is 15.5. The maximum Gasteiger partial charge on any atom is 0.256 e. The topological polar surface area (TPSA) is 75.4 Å². The molecule has 2 aliphatic rings. The minimum Gasteiger partial charge on any atom is -0.352 e. The fraction of sp³-hybridized carbons (Fsp3) is 0.556. The minimum atomic E-state index is -0.446. The Morgan fingerprint density at radius 2 is 1.84 bits per heavy atom. The average Bonchev–Trinajstić information content (AvgIpc) is 3.08. The molecule has 2 amide bonds. The molecule has 1 saturated heterocycles. The smallest absolute Gasteiger partial charge is 0.256 e. The van der Waals surface area contributed by atoms with Gasteiger partial charge in [-0.15, -0.1) is 0 Å². The van der Waals surface area contributed by atoms with Gasteiger partial charge >= 0.3 is 0 Å². The van der Waals surface area contributed by atoms with E-state index >= 15 is 0 Å². The van der Waals surface area contributed by atoms with Gasteiger partial charge < -0.3 is 16.0 Å². The maximum atomic E-state index is 12.9. The molecule has 1 aliphatic heterocycles. The van der Waals surface area contributed by atoms with Gasteiger partial charge in [0.15, 0.2) is 0 Å². The van der Waals surface area contributed by atoms with E-state index in [4.69, 9.17) is 28.9 Å². The van der Waals surface area contributed by atoms with Crippen LogP contribution in [0.15, 0.2) is 18.2 Å². The van der Waals surface area contributed by atoms with E-state index in [1.54, 1.807) is 23.1 Å². The number of rotatable bonds is 3. The molecule has 0 aromatic heterocycles. The highest BCUT2D eigenvalue weighted by molar-refractivity contribution is 6.35. The Morgan fingerprint density at radius 3 is 2.56 bits per heavy atom. The molecule has 0 bridgehead atoms. The number of carbonyl (C=O) groups excluding carboxylic acids is 2. The molecule has 0 radical (unpaired) electrons. The molecule has 1 unspecified atom stereocenters. The quantitative estimate of drug-likeness (QED) is 0.841. The summed E-state index contributed by atoms with van der Waals surface area (Å²) in [4.78, 5) is 27.2. The summed E-state index contributed by atoms with van der Waals surface area (Å²) < 4.78 is 0. The fourth-order valence-electron chi connectivity index (χ4n) is 3.66. The van der Waals surface area contributed by atoms with Gasteiger partial charge in [-0.1, -0.05) is 23.2 Å². The Bertz CT molecular complexity index is 660. The summed E-state index contributed by atoms with van der Waals surface area (Å²) in [5.74, 6) is -0.319. The highest BCUT2D eigenvalue weighted by Gasteiger charge is 2.36. The lowest BCUT2D eigenvalue weighted by Crippen LogP contribution is -2.50. The summed E-state index contributed by atoms with van der Waals surface area (Å²) in [7, 11) is 0. The highest BCUT2D eigenvalue weighted by atomic mass is 35.5. The second-order valence-electron chi connectivity index (χ2n) is 6.90. The van der Waals surface area contributed by atoms with E-state index in [0.717, 1.165) is 32.1 Å². The van der Waals surface area contributed by atoms with Gasteiger partial charge in [0.25, 0.3) is 5.91 Å². The number of hydrogen-bond donors (Lipinski definition) is 2. The van der Waals surface area contributed by atoms with E-state index < -0.39 is 6.04 Å². The Hall–Kier alpha value is -1.30. The molecule has 1 saturated carbocycles. The van der Waals surface area contributed by atoms with Crippen molar-refractivity contribution >= 4 is 35.0 Å². The predicted molar refractivity (Wildman–Crippen MR) is 98.9 cm³/mol. The molecule has 25 heavy (non-hydrogen) atoms. The van der Waals surface area contributed by atoms with Gasteiger partial charge in [0, 0.05) is 23.7 Å². The molecule has 1 aromatic carbocycles. The van der Waals surface area contributed by atoms with E-state index in [2.05, 4.69) is 5.32 Å². The Labute approximate surface area is 157 Å². The highest BCUT2D eigenvalue weighted by Crippen LogP contribution is 2.27. The van der Waals surface area contributed by atoms with Gasteiger partial charge in [0.05, 0.1) is 10.6 Å². The van der Waals surface area contributed by atoms with Gasteiger partial charge in [-0.3, -0.25) is 9.59 Å². The largest absolute Gasteiger partial charge is 0.352 e. The lowest BCUT2D eigenvalue weighted by atomic mass is 9.91. The number of nitrogens with one attached hydrogen (secondary N) is 1. The van der Waals surface area contributed by atoms with E-state index in [-0.39, 0.29) is 23.9 Å². The van der Waals surface area contributed by atoms with Crippen molar-refractivity contribution in [2.75, 3.05) is 6.54 Å². The van der Waals surface area contributed by atoms with E-state index in [0.29, 0.717) is 28.6 Å². The normalized spacial score (nSPS) is 26.5. The van der Waals surface area contributed by atoms with E-state index in [9.17, 15) is 9.59 Å². The van der Waals surface area contributed by atoms with Crippen LogP contribution >= 0.6 is 23.2 Å². The lowest BCUT2D eigenvalue weighted by Gasteiger charge is -2.30. The van der Waals surface area contributed by atoms with Crippen LogP contribution in [0.2, 0.25) is 10.0 Å². The van der Waals surface area contributed by atoms with Crippen LogP contribution < -0.4 is 11.1 Å². The van der Waals surface area contributed by atoms with Crippen LogP contribution in [-0.2, 0) is 4.79 Å². The summed E-state index contributed by atoms with van der Waals surface area (Å²) in [5, 5.41) is 3.90. The van der Waals surface area contributed by atoms with E-state index in [1.807, 2.05) is 0 Å². The average molecular weight is 384 g/mol. The summed E-state index contributed by atoms with van der Waals surface area (Å²) in [6, 6.07) is 4.75. The molecule has 3 N–H and O–H groups in total. The Morgan fingerprint density at radius 1 is 1.12 bits per heavy atom. The second kappa shape index (κ2) is 7.94. The number of likely N-dealkylation sites (tertiary alicyclic amines) is 1. The number of amides is 2. The molecule has 1 atom stereocenters. The van der Waals surface area contributed by atoms with Gasteiger partial charge in [0.2, 0.25) is 5.91 Å². The summed E-state index contributed by atoms with van der Waals surface area (Å²) in [6.07, 6.45) is 5.12. The Kier molecular flexibility index (Phi) is 5.87. The molecule has 5 nitrogen and oxygen atoms in total. The third-order valence-electron chi connectivity index (χ3n) is 5.09. The molecule has 136 valence electrons. The molecule has 1 aliphatic carbocycles. The Balaban J connectivity index is 1.68. The first-order valence-corrected chi connectivity index (χ1v) is 9.53. The standard InChI is InChI=1S/C18H23Cl2N3O2/c19-11-3-8-15(20)14(10-11)18(25)23-9-1-2-16(23)17(24)22-13-6-4-12(21)5-7-13/h3,8,10,12-13,16H,1-2,4-7,9,21H2,(H,22,24). The second-order valence-corrected chi connectivity index (χ2v) is 7.74. The van der Waals surface area contributed by atoms with Crippen LogP contribution in [0.25, 0.3) is 0 Å². The zero-order valence-electron chi connectivity index (χ0n) is 14.0. The van der Waals surface area contributed by atoms with Crippen molar-refractivity contribution in [2.45, 2.75) is 56.7 Å². The summed E-state index contributed by atoms with van der Waals surface area (Å²) in [5.41, 5.74) is 6.26. The van der Waals surface area contributed by atoms with Crippen LogP contribution in [0.5, 0.6) is 0 Å². The number of nitrogens with zero attached hydrogens (tertiary/aromatic N) is 1. The number of hydrogen-bond acceptors (Lipinski definition) is 3. The predicted octanol–water partition coefficient (Wildman–Crippen LogP) is 2.98. The summed E-state index contributed by atoms with van der Waals surface area (Å²) >= 11 is 12.1. The monoisotopic (exact) mass is 383 g/mol.